The average molecular weight is 280 g/mol. The van der Waals surface area contributed by atoms with E-state index in [1.807, 2.05) is 13.0 Å². The first-order chi connectivity index (χ1) is 8.99. The number of aryl methyl sites for hydroxylation is 1. The topological polar surface area (TPSA) is 52.6 Å². The maximum atomic E-state index is 11.6. The van der Waals surface area contributed by atoms with E-state index in [2.05, 4.69) is 4.74 Å². The number of methoxy groups -OCH3 is 2. The van der Waals surface area contributed by atoms with Gasteiger partial charge in [0.05, 0.1) is 14.2 Å². The van der Waals surface area contributed by atoms with Crippen molar-refractivity contribution in [1.82, 2.24) is 0 Å². The van der Waals surface area contributed by atoms with E-state index in [9.17, 15) is 9.59 Å². The largest absolute Gasteiger partial charge is 0.503 e. The fourth-order valence-corrected chi connectivity index (χ4v) is 2.33. The number of ketones is 1. The number of carbonyl (C=O) groups excluding carboxylic acids is 2. The van der Waals surface area contributed by atoms with E-state index < -0.39 is 5.97 Å². The average Bonchev–Trinajstić information content (AvgIpc) is 2.39. The lowest BCUT2D eigenvalue weighted by molar-refractivity contribution is -0.135. The van der Waals surface area contributed by atoms with Gasteiger partial charge in [0.2, 0.25) is 0 Å². The number of Topliss-reactive ketones (excluding diaryl/α,β-unsaturated/α-hetero) is 1. The second-order valence-corrected chi connectivity index (χ2v) is 4.93. The summed E-state index contributed by atoms with van der Waals surface area (Å²) in [5.74, 6) is -0.489. The molecule has 0 atom stereocenters. The summed E-state index contributed by atoms with van der Waals surface area (Å²) in [6, 6.07) is 5.37. The molecule has 0 radical (unpaired) electrons. The lowest BCUT2D eigenvalue weighted by Crippen LogP contribution is -2.03. The Bertz CT molecular complexity index is 520. The minimum Gasteiger partial charge on any atom is -0.503 e. The molecule has 0 unspecified atom stereocenters. The molecule has 1 aromatic carbocycles. The van der Waals surface area contributed by atoms with Crippen LogP contribution in [-0.4, -0.2) is 26.0 Å². The second kappa shape index (κ2) is 6.99. The maximum absolute atomic E-state index is 11.6. The molecule has 0 N–H and O–H groups in total. The third-order valence-electron chi connectivity index (χ3n) is 2.43. The summed E-state index contributed by atoms with van der Waals surface area (Å²) in [4.78, 5) is 24.1. The third kappa shape index (κ3) is 4.13. The molecule has 0 amide bonds. The van der Waals surface area contributed by atoms with Crippen LogP contribution in [0.4, 0.5) is 0 Å². The number of benzene rings is 1. The molecule has 102 valence electrons. The van der Waals surface area contributed by atoms with Crippen LogP contribution in [0.2, 0.25) is 0 Å². The first kappa shape index (κ1) is 15.3. The molecular weight excluding hydrogens is 264 g/mol. The maximum Gasteiger partial charge on any atom is 0.347 e. The highest BCUT2D eigenvalue weighted by Crippen LogP contribution is 2.31. The van der Waals surface area contributed by atoms with Crippen LogP contribution in [-0.2, 0) is 14.3 Å². The van der Waals surface area contributed by atoms with E-state index in [0.29, 0.717) is 10.5 Å². The first-order valence-electron chi connectivity index (χ1n) is 5.60. The van der Waals surface area contributed by atoms with Crippen molar-refractivity contribution in [2.45, 2.75) is 18.7 Å². The molecule has 0 fully saturated rings. The number of thioether (sulfide) groups is 1. The summed E-state index contributed by atoms with van der Waals surface area (Å²) in [7, 11) is 2.77. The van der Waals surface area contributed by atoms with Crippen molar-refractivity contribution in [3.63, 3.8) is 0 Å². The molecule has 19 heavy (non-hydrogen) atoms. The lowest BCUT2D eigenvalue weighted by atomic mass is 10.1. The molecule has 1 rings (SSSR count). The number of hydrogen-bond donors (Lipinski definition) is 0. The SMILES string of the molecule is COC=C(Sc1cc(C(C)=O)ccc1C)C(=O)OC. The monoisotopic (exact) mass is 280 g/mol. The number of ether oxygens (including phenoxy) is 2. The normalized spacial score (nSPS) is 11.1. The van der Waals surface area contributed by atoms with Gasteiger partial charge in [0.15, 0.2) is 5.78 Å². The van der Waals surface area contributed by atoms with Crippen molar-refractivity contribution in [1.29, 1.82) is 0 Å². The summed E-state index contributed by atoms with van der Waals surface area (Å²) >= 11 is 1.21. The predicted octanol–water partition coefficient (Wildman–Crippen LogP) is 2.95. The van der Waals surface area contributed by atoms with Crippen LogP contribution in [0.5, 0.6) is 0 Å². The molecule has 1 aromatic rings. The molecule has 4 nitrogen and oxygen atoms in total. The predicted molar refractivity (Wildman–Crippen MR) is 74.1 cm³/mol. The smallest absolute Gasteiger partial charge is 0.347 e. The van der Waals surface area contributed by atoms with E-state index >= 15 is 0 Å². The van der Waals surface area contributed by atoms with Crippen LogP contribution >= 0.6 is 11.8 Å². The van der Waals surface area contributed by atoms with Crippen molar-refractivity contribution < 1.29 is 19.1 Å². The van der Waals surface area contributed by atoms with Gasteiger partial charge in [-0.25, -0.2) is 4.79 Å². The molecule has 0 saturated heterocycles. The Kier molecular flexibility index (Phi) is 5.63. The van der Waals surface area contributed by atoms with Gasteiger partial charge in [-0.3, -0.25) is 4.79 Å². The second-order valence-electron chi connectivity index (χ2n) is 3.85. The lowest BCUT2D eigenvalue weighted by Gasteiger charge is -2.09. The van der Waals surface area contributed by atoms with Gasteiger partial charge in [-0.1, -0.05) is 23.9 Å². The van der Waals surface area contributed by atoms with Gasteiger partial charge in [0.25, 0.3) is 0 Å². The van der Waals surface area contributed by atoms with Gasteiger partial charge in [-0.15, -0.1) is 0 Å². The number of esters is 1. The summed E-state index contributed by atoms with van der Waals surface area (Å²) in [5.41, 5.74) is 1.58. The molecule has 0 aromatic heterocycles. The zero-order chi connectivity index (χ0) is 14.4. The van der Waals surface area contributed by atoms with Crippen LogP contribution in [0.15, 0.2) is 34.3 Å². The van der Waals surface area contributed by atoms with Gasteiger partial charge in [-0.2, -0.15) is 0 Å². The fraction of sp³-hybridized carbons (Fsp3) is 0.286. The Morgan fingerprint density at radius 2 is 1.95 bits per heavy atom. The molecule has 0 aliphatic carbocycles. The van der Waals surface area contributed by atoms with Gasteiger partial charge in [-0.05, 0) is 25.5 Å². The molecule has 0 aliphatic rings. The van der Waals surface area contributed by atoms with Gasteiger partial charge in [0, 0.05) is 10.5 Å². The summed E-state index contributed by atoms with van der Waals surface area (Å²) in [6.07, 6.45) is 1.33. The zero-order valence-corrected chi connectivity index (χ0v) is 12.2. The minimum absolute atomic E-state index is 0.0165. The standard InChI is InChI=1S/C14H16O4S/c1-9-5-6-11(10(2)15)7-12(9)19-13(8-17-3)14(16)18-4/h5-8H,1-4H3. The Morgan fingerprint density at radius 3 is 2.47 bits per heavy atom. The van der Waals surface area contributed by atoms with Gasteiger partial charge >= 0.3 is 5.97 Å². The molecule has 0 saturated carbocycles. The Morgan fingerprint density at radius 1 is 1.26 bits per heavy atom. The summed E-state index contributed by atoms with van der Waals surface area (Å²) in [6.45, 7) is 3.42. The van der Waals surface area contributed by atoms with Crippen LogP contribution in [0.25, 0.3) is 0 Å². The van der Waals surface area contributed by atoms with Crippen LogP contribution in [0.3, 0.4) is 0 Å². The molecular formula is C14H16O4S. The fourth-order valence-electron chi connectivity index (χ4n) is 1.37. The van der Waals surface area contributed by atoms with E-state index in [4.69, 9.17) is 4.74 Å². The van der Waals surface area contributed by atoms with Crippen LogP contribution in [0.1, 0.15) is 22.8 Å². The van der Waals surface area contributed by atoms with Crippen molar-refractivity contribution >= 4 is 23.5 Å². The molecule has 0 heterocycles. The van der Waals surface area contributed by atoms with E-state index in [-0.39, 0.29) is 5.78 Å². The quantitative estimate of drug-likeness (QED) is 0.273. The van der Waals surface area contributed by atoms with Gasteiger partial charge < -0.3 is 9.47 Å². The van der Waals surface area contributed by atoms with Crippen molar-refractivity contribution in [2.24, 2.45) is 0 Å². The molecule has 0 bridgehead atoms. The van der Waals surface area contributed by atoms with Crippen LogP contribution < -0.4 is 0 Å². The highest BCUT2D eigenvalue weighted by molar-refractivity contribution is 8.04. The van der Waals surface area contributed by atoms with Crippen molar-refractivity contribution in [3.05, 3.63) is 40.5 Å². The number of carbonyl (C=O) groups is 2. The molecule has 0 aliphatic heterocycles. The Hall–Kier alpha value is -1.75. The Balaban J connectivity index is 3.09. The summed E-state index contributed by atoms with van der Waals surface area (Å²) in [5, 5.41) is 0. The highest BCUT2D eigenvalue weighted by atomic mass is 32.2. The van der Waals surface area contributed by atoms with Crippen molar-refractivity contribution in [3.8, 4) is 0 Å². The summed E-state index contributed by atoms with van der Waals surface area (Å²) < 4.78 is 9.55. The highest BCUT2D eigenvalue weighted by Gasteiger charge is 2.14. The molecule has 5 heteroatoms. The zero-order valence-electron chi connectivity index (χ0n) is 11.4. The van der Waals surface area contributed by atoms with Crippen molar-refractivity contribution in [2.75, 3.05) is 14.2 Å². The minimum atomic E-state index is -0.473. The third-order valence-corrected chi connectivity index (χ3v) is 3.57. The number of hydrogen-bond acceptors (Lipinski definition) is 5. The first-order valence-corrected chi connectivity index (χ1v) is 6.42. The van der Waals surface area contributed by atoms with E-state index in [1.165, 1.54) is 39.2 Å². The number of rotatable bonds is 5. The van der Waals surface area contributed by atoms with E-state index in [0.717, 1.165) is 10.5 Å². The van der Waals surface area contributed by atoms with E-state index in [1.54, 1.807) is 12.1 Å². The Labute approximate surface area is 116 Å². The van der Waals surface area contributed by atoms with Gasteiger partial charge in [0.1, 0.15) is 11.2 Å². The molecule has 0 spiro atoms. The van der Waals surface area contributed by atoms with Crippen LogP contribution in [0, 0.1) is 6.92 Å².